The summed E-state index contributed by atoms with van der Waals surface area (Å²) in [6, 6.07) is 12.9. The summed E-state index contributed by atoms with van der Waals surface area (Å²) in [6.45, 7) is 5.82. The Kier molecular flexibility index (Phi) is 5.48. The van der Waals surface area contributed by atoms with E-state index >= 15 is 0 Å². The van der Waals surface area contributed by atoms with Crippen LogP contribution >= 0.6 is 11.6 Å². The zero-order valence-electron chi connectivity index (χ0n) is 17.3. The minimum Gasteiger partial charge on any atom is -0.362 e. The van der Waals surface area contributed by atoms with E-state index in [1.807, 2.05) is 44.2 Å². The largest absolute Gasteiger partial charge is 0.362 e. The van der Waals surface area contributed by atoms with Gasteiger partial charge in [-0.2, -0.15) is 0 Å². The molecule has 0 unspecified atom stereocenters. The standard InChI is InChI=1S/C24H24ClN3O2/c1-13-10-18-23(19(29)11-13)22(16-7-5-8-17(25)12-16)21(15(3)27-18)24(30)28-20-9-4-6-14(2)26-20/h4-9,12-13,22,27H,10-11H2,1-3H3,(H,26,28,30)/t13-,22-/m1/s1. The minimum absolute atomic E-state index is 0.0766. The van der Waals surface area contributed by atoms with Crippen molar-refractivity contribution in [1.29, 1.82) is 0 Å². The number of dihydropyridines is 1. The van der Waals surface area contributed by atoms with Gasteiger partial charge in [0.25, 0.3) is 5.91 Å². The normalized spacial score (nSPS) is 21.3. The molecular weight excluding hydrogens is 398 g/mol. The predicted molar refractivity (Wildman–Crippen MR) is 118 cm³/mol. The number of ketones is 1. The molecule has 30 heavy (non-hydrogen) atoms. The minimum atomic E-state index is -0.468. The van der Waals surface area contributed by atoms with E-state index in [-0.39, 0.29) is 17.6 Å². The fourth-order valence-electron chi connectivity index (χ4n) is 4.35. The van der Waals surface area contributed by atoms with E-state index in [1.54, 1.807) is 12.1 Å². The Labute approximate surface area is 181 Å². The Bertz CT molecular complexity index is 1100. The van der Waals surface area contributed by atoms with Crippen molar-refractivity contribution in [2.24, 2.45) is 5.92 Å². The Hall–Kier alpha value is -2.92. The summed E-state index contributed by atoms with van der Waals surface area (Å²) in [5.74, 6) is 0.0791. The third-order valence-corrected chi connectivity index (χ3v) is 5.82. The van der Waals surface area contributed by atoms with Crippen LogP contribution in [0.5, 0.6) is 0 Å². The zero-order valence-corrected chi connectivity index (χ0v) is 18.0. The molecule has 1 aromatic heterocycles. The first kappa shape index (κ1) is 20.4. The van der Waals surface area contributed by atoms with Crippen LogP contribution in [-0.2, 0) is 9.59 Å². The number of halogens is 1. The lowest BCUT2D eigenvalue weighted by Crippen LogP contribution is -2.37. The van der Waals surface area contributed by atoms with E-state index in [4.69, 9.17) is 11.6 Å². The summed E-state index contributed by atoms with van der Waals surface area (Å²) >= 11 is 6.27. The molecule has 2 aliphatic rings. The first-order chi connectivity index (χ1) is 14.3. The molecule has 154 valence electrons. The van der Waals surface area contributed by atoms with Gasteiger partial charge in [0.1, 0.15) is 5.82 Å². The molecule has 0 saturated heterocycles. The highest BCUT2D eigenvalue weighted by Crippen LogP contribution is 2.43. The summed E-state index contributed by atoms with van der Waals surface area (Å²) < 4.78 is 0. The van der Waals surface area contributed by atoms with Gasteiger partial charge in [-0.1, -0.05) is 36.7 Å². The van der Waals surface area contributed by atoms with Gasteiger partial charge >= 0.3 is 0 Å². The molecular formula is C24H24ClN3O2. The molecule has 2 N–H and O–H groups in total. The lowest BCUT2D eigenvalue weighted by molar-refractivity contribution is -0.117. The first-order valence-corrected chi connectivity index (χ1v) is 10.5. The topological polar surface area (TPSA) is 71.1 Å². The second-order valence-electron chi connectivity index (χ2n) is 8.10. The van der Waals surface area contributed by atoms with Crippen LogP contribution in [0.3, 0.4) is 0 Å². The number of hydrogen-bond donors (Lipinski definition) is 2. The summed E-state index contributed by atoms with van der Waals surface area (Å²) in [7, 11) is 0. The average Bonchev–Trinajstić information content (AvgIpc) is 2.66. The van der Waals surface area contributed by atoms with Crippen LogP contribution in [0.1, 0.15) is 43.9 Å². The van der Waals surface area contributed by atoms with Gasteiger partial charge in [0.15, 0.2) is 5.78 Å². The number of hydrogen-bond acceptors (Lipinski definition) is 4. The molecule has 5 nitrogen and oxygen atoms in total. The Morgan fingerprint density at radius 1 is 1.17 bits per heavy atom. The number of rotatable bonds is 3. The number of carbonyl (C=O) groups excluding carboxylic acids is 2. The smallest absolute Gasteiger partial charge is 0.255 e. The quantitative estimate of drug-likeness (QED) is 0.739. The average molecular weight is 422 g/mol. The Morgan fingerprint density at radius 3 is 2.67 bits per heavy atom. The van der Waals surface area contributed by atoms with Gasteiger partial charge in [-0.3, -0.25) is 9.59 Å². The Balaban J connectivity index is 1.80. The number of aromatic nitrogens is 1. The van der Waals surface area contributed by atoms with Crippen LogP contribution in [0.4, 0.5) is 5.82 Å². The fourth-order valence-corrected chi connectivity index (χ4v) is 4.55. The number of nitrogens with zero attached hydrogens (tertiary/aromatic N) is 1. The molecule has 1 aliphatic heterocycles. The first-order valence-electron chi connectivity index (χ1n) is 10.1. The molecule has 1 amide bonds. The number of Topliss-reactive ketones (excluding diaryl/α,β-unsaturated/α-hetero) is 1. The van der Waals surface area contributed by atoms with Gasteiger partial charge in [0.05, 0.1) is 0 Å². The van der Waals surface area contributed by atoms with E-state index in [2.05, 4.69) is 22.5 Å². The highest BCUT2D eigenvalue weighted by Gasteiger charge is 2.39. The van der Waals surface area contributed by atoms with E-state index in [0.717, 1.165) is 29.1 Å². The molecule has 0 radical (unpaired) electrons. The van der Waals surface area contributed by atoms with Crippen molar-refractivity contribution in [3.8, 4) is 0 Å². The molecule has 0 saturated carbocycles. The SMILES string of the molecule is CC1=C(C(=O)Nc2cccc(C)n2)[C@@H](c2cccc(Cl)c2)C2=C(C[C@@H](C)CC2=O)N1. The van der Waals surface area contributed by atoms with Crippen LogP contribution in [0.15, 0.2) is 65.0 Å². The number of amides is 1. The monoisotopic (exact) mass is 421 g/mol. The molecule has 2 atom stereocenters. The summed E-state index contributed by atoms with van der Waals surface area (Å²) in [5.41, 5.74) is 4.48. The van der Waals surface area contributed by atoms with Crippen LogP contribution < -0.4 is 10.6 Å². The van der Waals surface area contributed by atoms with Gasteiger partial charge < -0.3 is 10.6 Å². The molecule has 1 aliphatic carbocycles. The van der Waals surface area contributed by atoms with Crippen molar-refractivity contribution in [3.05, 3.63) is 81.3 Å². The lowest BCUT2D eigenvalue weighted by atomic mass is 9.73. The van der Waals surface area contributed by atoms with Crippen LogP contribution in [-0.4, -0.2) is 16.7 Å². The molecule has 2 heterocycles. The maximum Gasteiger partial charge on any atom is 0.255 e. The summed E-state index contributed by atoms with van der Waals surface area (Å²) in [4.78, 5) is 30.9. The van der Waals surface area contributed by atoms with Crippen molar-refractivity contribution in [1.82, 2.24) is 10.3 Å². The third-order valence-electron chi connectivity index (χ3n) is 5.59. The number of anilines is 1. The summed E-state index contributed by atoms with van der Waals surface area (Å²) in [6.07, 6.45) is 1.26. The van der Waals surface area contributed by atoms with Gasteiger partial charge in [-0.25, -0.2) is 4.98 Å². The number of aryl methyl sites for hydroxylation is 1. The maximum absolute atomic E-state index is 13.4. The molecule has 0 spiro atoms. The van der Waals surface area contributed by atoms with Crippen molar-refractivity contribution in [2.45, 2.75) is 39.5 Å². The highest BCUT2D eigenvalue weighted by atomic mass is 35.5. The number of carbonyl (C=O) groups is 2. The van der Waals surface area contributed by atoms with Gasteiger partial charge in [0.2, 0.25) is 0 Å². The second kappa shape index (κ2) is 8.07. The highest BCUT2D eigenvalue weighted by molar-refractivity contribution is 6.30. The number of pyridine rings is 1. The van der Waals surface area contributed by atoms with Crippen LogP contribution in [0.25, 0.3) is 0 Å². The van der Waals surface area contributed by atoms with Crippen molar-refractivity contribution < 1.29 is 9.59 Å². The van der Waals surface area contributed by atoms with Crippen molar-refractivity contribution >= 4 is 29.1 Å². The van der Waals surface area contributed by atoms with Crippen LogP contribution in [0.2, 0.25) is 5.02 Å². The number of benzene rings is 1. The van der Waals surface area contributed by atoms with Crippen LogP contribution in [0, 0.1) is 12.8 Å². The molecule has 2 aromatic rings. The molecule has 0 fully saturated rings. The molecule has 0 bridgehead atoms. The molecule has 6 heteroatoms. The third kappa shape index (κ3) is 3.90. The second-order valence-corrected chi connectivity index (χ2v) is 8.54. The van der Waals surface area contributed by atoms with E-state index in [0.29, 0.717) is 28.4 Å². The molecule has 1 aromatic carbocycles. The van der Waals surface area contributed by atoms with E-state index in [1.165, 1.54) is 0 Å². The summed E-state index contributed by atoms with van der Waals surface area (Å²) in [5, 5.41) is 6.82. The van der Waals surface area contributed by atoms with E-state index < -0.39 is 5.92 Å². The zero-order chi connectivity index (χ0) is 21.4. The van der Waals surface area contributed by atoms with Gasteiger partial charge in [-0.05, 0) is 56.0 Å². The number of nitrogens with one attached hydrogen (secondary N) is 2. The predicted octanol–water partition coefficient (Wildman–Crippen LogP) is 4.90. The maximum atomic E-state index is 13.4. The lowest BCUT2D eigenvalue weighted by Gasteiger charge is -2.36. The molecule has 4 rings (SSSR count). The van der Waals surface area contributed by atoms with E-state index in [9.17, 15) is 9.59 Å². The van der Waals surface area contributed by atoms with Crippen molar-refractivity contribution in [3.63, 3.8) is 0 Å². The number of allylic oxidation sites excluding steroid dienone is 3. The van der Waals surface area contributed by atoms with Gasteiger partial charge in [-0.15, -0.1) is 0 Å². The fraction of sp³-hybridized carbons (Fsp3) is 0.292. The Morgan fingerprint density at radius 2 is 1.93 bits per heavy atom. The van der Waals surface area contributed by atoms with Gasteiger partial charge in [0, 0.05) is 45.6 Å². The van der Waals surface area contributed by atoms with Crippen molar-refractivity contribution in [2.75, 3.05) is 5.32 Å².